The molecule has 1 aromatic carbocycles. The zero-order valence-electron chi connectivity index (χ0n) is 16.8. The van der Waals surface area contributed by atoms with Crippen molar-refractivity contribution in [2.24, 2.45) is 4.99 Å². The number of benzene rings is 1. The van der Waals surface area contributed by atoms with Crippen LogP contribution in [0.25, 0.3) is 0 Å². The van der Waals surface area contributed by atoms with Gasteiger partial charge in [0.2, 0.25) is 0 Å². The maximum absolute atomic E-state index is 6.07. The lowest BCUT2D eigenvalue weighted by Gasteiger charge is -2.15. The molecule has 7 heteroatoms. The molecule has 2 N–H and O–H groups in total. The Morgan fingerprint density at radius 1 is 1.37 bits per heavy atom. The maximum Gasteiger partial charge on any atom is 0.191 e. The third-order valence-electron chi connectivity index (χ3n) is 4.24. The van der Waals surface area contributed by atoms with E-state index in [0.29, 0.717) is 13.2 Å². The Bertz CT molecular complexity index is 566. The quantitative estimate of drug-likeness (QED) is 0.217. The highest BCUT2D eigenvalue weighted by Gasteiger charge is 2.16. The Balaban J connectivity index is 0.00000364. The highest BCUT2D eigenvalue weighted by Crippen LogP contribution is 2.23. The highest BCUT2D eigenvalue weighted by atomic mass is 127. The third-order valence-corrected chi connectivity index (χ3v) is 4.94. The molecule has 5 nitrogen and oxygen atoms in total. The fourth-order valence-corrected chi connectivity index (χ4v) is 3.25. The number of rotatable bonds is 10. The van der Waals surface area contributed by atoms with E-state index in [2.05, 4.69) is 48.9 Å². The number of thioether (sulfide) groups is 1. The Morgan fingerprint density at radius 3 is 2.93 bits per heavy atom. The molecule has 0 radical (unpaired) electrons. The first kappa shape index (κ1) is 24.4. The minimum absolute atomic E-state index is 0. The van der Waals surface area contributed by atoms with Crippen molar-refractivity contribution < 1.29 is 9.47 Å². The van der Waals surface area contributed by atoms with Gasteiger partial charge in [0, 0.05) is 25.3 Å². The molecule has 1 aromatic rings. The van der Waals surface area contributed by atoms with E-state index in [1.807, 2.05) is 11.8 Å². The molecule has 1 atom stereocenters. The van der Waals surface area contributed by atoms with E-state index < -0.39 is 0 Å². The molecule has 1 heterocycles. The van der Waals surface area contributed by atoms with Gasteiger partial charge in [-0.3, -0.25) is 0 Å². The first-order valence-electron chi connectivity index (χ1n) is 9.58. The largest absolute Gasteiger partial charge is 0.491 e. The van der Waals surface area contributed by atoms with Crippen molar-refractivity contribution in [3.63, 3.8) is 0 Å². The summed E-state index contributed by atoms with van der Waals surface area (Å²) >= 11 is 1.87. The first-order chi connectivity index (χ1) is 12.7. The summed E-state index contributed by atoms with van der Waals surface area (Å²) in [6.45, 7) is 8.03. The van der Waals surface area contributed by atoms with Gasteiger partial charge in [0.15, 0.2) is 5.96 Å². The minimum atomic E-state index is 0. The number of nitrogens with one attached hydrogen (secondary N) is 2. The van der Waals surface area contributed by atoms with Crippen LogP contribution >= 0.6 is 35.7 Å². The average Bonchev–Trinajstić information content (AvgIpc) is 3.16. The van der Waals surface area contributed by atoms with E-state index in [-0.39, 0.29) is 30.1 Å². The normalized spacial score (nSPS) is 16.7. The number of aliphatic imine (C=N–C) groups is 1. The van der Waals surface area contributed by atoms with Gasteiger partial charge >= 0.3 is 0 Å². The minimum Gasteiger partial charge on any atom is -0.491 e. The number of hydrogen-bond donors (Lipinski definition) is 2. The summed E-state index contributed by atoms with van der Waals surface area (Å²) in [5.41, 5.74) is 2.30. The van der Waals surface area contributed by atoms with E-state index in [1.165, 1.54) is 5.56 Å². The molecule has 0 aromatic heterocycles. The first-order valence-corrected chi connectivity index (χ1v) is 11.0. The van der Waals surface area contributed by atoms with Gasteiger partial charge in [0.25, 0.3) is 0 Å². The van der Waals surface area contributed by atoms with Gasteiger partial charge in [-0.05, 0) is 56.7 Å². The summed E-state index contributed by atoms with van der Waals surface area (Å²) in [4.78, 5) is 4.73. The zero-order chi connectivity index (χ0) is 18.6. The van der Waals surface area contributed by atoms with Crippen LogP contribution in [0.4, 0.5) is 0 Å². The van der Waals surface area contributed by atoms with Crippen molar-refractivity contribution in [2.75, 3.05) is 38.3 Å². The van der Waals surface area contributed by atoms with Crippen molar-refractivity contribution in [1.82, 2.24) is 10.6 Å². The Kier molecular flexibility index (Phi) is 12.9. The number of nitrogens with zero attached hydrogens (tertiary/aromatic N) is 1. The van der Waals surface area contributed by atoms with E-state index in [1.54, 1.807) is 0 Å². The summed E-state index contributed by atoms with van der Waals surface area (Å²) in [6, 6.07) is 6.32. The van der Waals surface area contributed by atoms with Gasteiger partial charge in [-0.1, -0.05) is 12.1 Å². The summed E-state index contributed by atoms with van der Waals surface area (Å²) in [5.74, 6) is 2.94. The molecular formula is C20H34IN3O2S. The average molecular weight is 507 g/mol. The van der Waals surface area contributed by atoms with Crippen LogP contribution in [-0.2, 0) is 11.3 Å². The van der Waals surface area contributed by atoms with E-state index >= 15 is 0 Å². The zero-order valence-corrected chi connectivity index (χ0v) is 19.9. The van der Waals surface area contributed by atoms with Crippen molar-refractivity contribution in [3.8, 4) is 5.75 Å². The van der Waals surface area contributed by atoms with Crippen LogP contribution < -0.4 is 15.4 Å². The van der Waals surface area contributed by atoms with Gasteiger partial charge in [0.05, 0.1) is 12.6 Å². The van der Waals surface area contributed by atoms with Crippen molar-refractivity contribution in [1.29, 1.82) is 0 Å². The van der Waals surface area contributed by atoms with Crippen LogP contribution in [-0.4, -0.2) is 50.4 Å². The van der Waals surface area contributed by atoms with Crippen molar-refractivity contribution in [2.45, 2.75) is 45.8 Å². The number of guanidine groups is 1. The van der Waals surface area contributed by atoms with Crippen LogP contribution in [0.1, 0.15) is 37.3 Å². The molecule has 0 saturated carbocycles. The summed E-state index contributed by atoms with van der Waals surface area (Å²) in [6.07, 6.45) is 5.71. The predicted molar refractivity (Wildman–Crippen MR) is 127 cm³/mol. The van der Waals surface area contributed by atoms with Gasteiger partial charge in [-0.2, -0.15) is 11.8 Å². The van der Waals surface area contributed by atoms with E-state index in [0.717, 1.165) is 62.0 Å². The highest BCUT2D eigenvalue weighted by molar-refractivity contribution is 14.0. The van der Waals surface area contributed by atoms with Gasteiger partial charge < -0.3 is 20.1 Å². The van der Waals surface area contributed by atoms with Crippen LogP contribution in [0.15, 0.2) is 23.2 Å². The monoisotopic (exact) mass is 507 g/mol. The van der Waals surface area contributed by atoms with Gasteiger partial charge in [-0.25, -0.2) is 4.99 Å². The molecule has 1 aliphatic rings. The lowest BCUT2D eigenvalue weighted by atomic mass is 10.1. The molecule has 27 heavy (non-hydrogen) atoms. The second-order valence-corrected chi connectivity index (χ2v) is 7.51. The number of hydrogen-bond acceptors (Lipinski definition) is 4. The van der Waals surface area contributed by atoms with Crippen molar-refractivity contribution in [3.05, 3.63) is 29.3 Å². The number of halogens is 1. The summed E-state index contributed by atoms with van der Waals surface area (Å²) in [5, 5.41) is 6.71. The molecule has 0 spiro atoms. The fourth-order valence-electron chi connectivity index (χ4n) is 2.81. The predicted octanol–water partition coefficient (Wildman–Crippen LogP) is 3.98. The Morgan fingerprint density at radius 2 is 2.22 bits per heavy atom. The standard InChI is InChI=1S/C20H33N3O2S.HI/c1-4-21-20(22-10-6-12-26-3)23-14-17-9-8-16(2)13-19(17)25-15-18-7-5-11-24-18;/h8-9,13,18H,4-7,10-12,14-15H2,1-3H3,(H2,21,22,23);1H. The van der Waals surface area contributed by atoms with E-state index in [4.69, 9.17) is 14.5 Å². The third kappa shape index (κ3) is 9.38. The number of aryl methyl sites for hydroxylation is 1. The molecule has 1 fully saturated rings. The SMILES string of the molecule is CCNC(=NCc1ccc(C)cc1OCC1CCCO1)NCCCSC.I. The molecule has 0 amide bonds. The van der Waals surface area contributed by atoms with Crippen LogP contribution in [0.2, 0.25) is 0 Å². The second kappa shape index (κ2) is 14.3. The summed E-state index contributed by atoms with van der Waals surface area (Å²) in [7, 11) is 0. The molecule has 0 aliphatic carbocycles. The molecule has 1 aliphatic heterocycles. The van der Waals surface area contributed by atoms with Crippen LogP contribution in [0, 0.1) is 6.92 Å². The lowest BCUT2D eigenvalue weighted by molar-refractivity contribution is 0.0676. The fraction of sp³-hybridized carbons (Fsp3) is 0.650. The topological polar surface area (TPSA) is 54.9 Å². The smallest absolute Gasteiger partial charge is 0.191 e. The molecular weight excluding hydrogens is 473 g/mol. The molecule has 1 saturated heterocycles. The van der Waals surface area contributed by atoms with Crippen LogP contribution in [0.3, 0.4) is 0 Å². The van der Waals surface area contributed by atoms with E-state index in [9.17, 15) is 0 Å². The molecule has 1 unspecified atom stereocenters. The lowest BCUT2D eigenvalue weighted by Crippen LogP contribution is -2.37. The maximum atomic E-state index is 6.07. The van der Waals surface area contributed by atoms with Gasteiger partial charge in [0.1, 0.15) is 12.4 Å². The molecule has 2 rings (SSSR count). The second-order valence-electron chi connectivity index (χ2n) is 6.53. The molecule has 0 bridgehead atoms. The van der Waals surface area contributed by atoms with Crippen molar-refractivity contribution >= 4 is 41.7 Å². The summed E-state index contributed by atoms with van der Waals surface area (Å²) < 4.78 is 11.7. The Labute approximate surface area is 185 Å². The van der Waals surface area contributed by atoms with Gasteiger partial charge in [-0.15, -0.1) is 24.0 Å². The Hall–Kier alpha value is -0.670. The van der Waals surface area contributed by atoms with Crippen LogP contribution in [0.5, 0.6) is 5.75 Å². The molecule has 154 valence electrons. The number of ether oxygens (including phenoxy) is 2.